The molecule has 1 aromatic heterocycles. The number of pyridine rings is 1. The summed E-state index contributed by atoms with van der Waals surface area (Å²) in [6.45, 7) is 4.88. The molecule has 2 aliphatic heterocycles. The van der Waals surface area contributed by atoms with Crippen LogP contribution in [0, 0.1) is 17.2 Å². The van der Waals surface area contributed by atoms with Gasteiger partial charge < -0.3 is 14.4 Å². The summed E-state index contributed by atoms with van der Waals surface area (Å²) >= 11 is 0. The summed E-state index contributed by atoms with van der Waals surface area (Å²) < 4.78 is 11.7. The number of likely N-dealkylation sites (tertiary alicyclic amines) is 1. The van der Waals surface area contributed by atoms with Crippen molar-refractivity contribution in [2.75, 3.05) is 32.8 Å². The molecule has 3 rings (SSSR count). The van der Waals surface area contributed by atoms with E-state index in [0.29, 0.717) is 30.1 Å². The van der Waals surface area contributed by atoms with Gasteiger partial charge in [-0.15, -0.1) is 0 Å². The van der Waals surface area contributed by atoms with Crippen LogP contribution in [0.2, 0.25) is 0 Å². The van der Waals surface area contributed by atoms with Gasteiger partial charge in [-0.1, -0.05) is 0 Å². The van der Waals surface area contributed by atoms with E-state index in [9.17, 15) is 0 Å². The molecule has 0 N–H and O–H groups in total. The molecular weight excluding hydrogens is 290 g/mol. The first-order valence-corrected chi connectivity index (χ1v) is 8.66. The van der Waals surface area contributed by atoms with Crippen LogP contribution in [0.25, 0.3) is 0 Å². The topological polar surface area (TPSA) is 58.4 Å². The molecule has 2 fully saturated rings. The van der Waals surface area contributed by atoms with E-state index >= 15 is 0 Å². The standard InChI is InChI=1S/C18H25N3O2/c19-11-15-6-7-20-18(10-15)23-14-16-4-3-8-21(12-16)13-17-5-1-2-9-22-17/h6-7,10,16-17H,1-5,8-9,12-14H2. The van der Waals surface area contributed by atoms with Gasteiger partial charge in [-0.2, -0.15) is 5.26 Å². The molecule has 124 valence electrons. The number of nitriles is 1. The number of nitrogens with zero attached hydrogens (tertiary/aromatic N) is 3. The van der Waals surface area contributed by atoms with Gasteiger partial charge in [-0.3, -0.25) is 0 Å². The smallest absolute Gasteiger partial charge is 0.214 e. The van der Waals surface area contributed by atoms with Crippen molar-refractivity contribution in [1.29, 1.82) is 5.26 Å². The molecule has 23 heavy (non-hydrogen) atoms. The fourth-order valence-corrected chi connectivity index (χ4v) is 3.45. The minimum absolute atomic E-state index is 0.414. The first-order valence-electron chi connectivity index (χ1n) is 8.66. The molecule has 0 aromatic carbocycles. The average molecular weight is 315 g/mol. The molecule has 0 bridgehead atoms. The Balaban J connectivity index is 1.45. The number of ether oxygens (including phenoxy) is 2. The van der Waals surface area contributed by atoms with E-state index in [0.717, 1.165) is 19.7 Å². The Morgan fingerprint density at radius 3 is 3.13 bits per heavy atom. The molecule has 2 unspecified atom stereocenters. The lowest BCUT2D eigenvalue weighted by molar-refractivity contribution is -0.0148. The normalized spacial score (nSPS) is 25.7. The van der Waals surface area contributed by atoms with Crippen LogP contribution in [0.1, 0.15) is 37.7 Å². The molecule has 0 saturated carbocycles. The molecule has 3 heterocycles. The Morgan fingerprint density at radius 2 is 2.30 bits per heavy atom. The van der Waals surface area contributed by atoms with Gasteiger partial charge in [0.1, 0.15) is 0 Å². The van der Waals surface area contributed by atoms with Crippen LogP contribution in [-0.4, -0.2) is 48.8 Å². The van der Waals surface area contributed by atoms with Gasteiger partial charge >= 0.3 is 0 Å². The van der Waals surface area contributed by atoms with E-state index in [1.807, 2.05) is 0 Å². The van der Waals surface area contributed by atoms with E-state index in [-0.39, 0.29) is 0 Å². The molecule has 5 nitrogen and oxygen atoms in total. The highest BCUT2D eigenvalue weighted by Crippen LogP contribution is 2.21. The van der Waals surface area contributed by atoms with E-state index in [1.54, 1.807) is 18.3 Å². The van der Waals surface area contributed by atoms with Crippen molar-refractivity contribution in [3.8, 4) is 11.9 Å². The number of hydrogen-bond donors (Lipinski definition) is 0. The number of rotatable bonds is 5. The van der Waals surface area contributed by atoms with Crippen LogP contribution in [0.3, 0.4) is 0 Å². The molecule has 2 saturated heterocycles. The number of aromatic nitrogens is 1. The fraction of sp³-hybridized carbons (Fsp3) is 0.667. The molecule has 0 aliphatic carbocycles. The Kier molecular flexibility index (Phi) is 5.84. The van der Waals surface area contributed by atoms with Crippen molar-refractivity contribution >= 4 is 0 Å². The predicted molar refractivity (Wildman–Crippen MR) is 87.2 cm³/mol. The molecule has 0 spiro atoms. The second-order valence-corrected chi connectivity index (χ2v) is 6.56. The third-order valence-electron chi connectivity index (χ3n) is 4.67. The van der Waals surface area contributed by atoms with Gasteiger partial charge in [0.15, 0.2) is 0 Å². The predicted octanol–water partition coefficient (Wildman–Crippen LogP) is 2.61. The van der Waals surface area contributed by atoms with Crippen molar-refractivity contribution in [1.82, 2.24) is 9.88 Å². The average Bonchev–Trinajstić information content (AvgIpc) is 2.61. The second-order valence-electron chi connectivity index (χ2n) is 6.56. The highest BCUT2D eigenvalue weighted by molar-refractivity contribution is 5.31. The maximum atomic E-state index is 8.92. The van der Waals surface area contributed by atoms with Crippen molar-refractivity contribution in [2.45, 2.75) is 38.2 Å². The van der Waals surface area contributed by atoms with E-state index in [2.05, 4.69) is 16.0 Å². The highest BCUT2D eigenvalue weighted by Gasteiger charge is 2.24. The third-order valence-corrected chi connectivity index (χ3v) is 4.67. The number of hydrogen-bond acceptors (Lipinski definition) is 5. The van der Waals surface area contributed by atoms with Gasteiger partial charge in [0, 0.05) is 37.9 Å². The molecule has 5 heteroatoms. The largest absolute Gasteiger partial charge is 0.477 e. The van der Waals surface area contributed by atoms with Crippen LogP contribution in [0.5, 0.6) is 5.88 Å². The lowest BCUT2D eigenvalue weighted by Crippen LogP contribution is -2.43. The van der Waals surface area contributed by atoms with E-state index < -0.39 is 0 Å². The zero-order valence-corrected chi connectivity index (χ0v) is 13.6. The lowest BCUT2D eigenvalue weighted by atomic mass is 9.98. The minimum Gasteiger partial charge on any atom is -0.477 e. The number of piperidine rings is 1. The Hall–Kier alpha value is -1.64. The monoisotopic (exact) mass is 315 g/mol. The van der Waals surface area contributed by atoms with Crippen molar-refractivity contribution in [3.63, 3.8) is 0 Å². The van der Waals surface area contributed by atoms with Crippen LogP contribution >= 0.6 is 0 Å². The van der Waals surface area contributed by atoms with Crippen molar-refractivity contribution in [2.24, 2.45) is 5.92 Å². The van der Waals surface area contributed by atoms with Crippen LogP contribution in [0.15, 0.2) is 18.3 Å². The van der Waals surface area contributed by atoms with Crippen molar-refractivity contribution in [3.05, 3.63) is 23.9 Å². The molecule has 2 aliphatic rings. The Labute approximate surface area is 138 Å². The van der Waals surface area contributed by atoms with Gasteiger partial charge in [-0.25, -0.2) is 4.98 Å². The second kappa shape index (κ2) is 8.28. The van der Waals surface area contributed by atoms with E-state index in [4.69, 9.17) is 14.7 Å². The van der Waals surface area contributed by atoms with Crippen LogP contribution in [-0.2, 0) is 4.74 Å². The highest BCUT2D eigenvalue weighted by atomic mass is 16.5. The quantitative estimate of drug-likeness (QED) is 0.836. The third kappa shape index (κ3) is 4.92. The Bertz CT molecular complexity index is 537. The zero-order valence-electron chi connectivity index (χ0n) is 13.6. The first-order chi connectivity index (χ1) is 11.3. The van der Waals surface area contributed by atoms with Gasteiger partial charge in [-0.05, 0) is 44.7 Å². The maximum absolute atomic E-state index is 8.92. The SMILES string of the molecule is N#Cc1ccnc(OCC2CCCN(CC3CCCCO3)C2)c1. The van der Waals surface area contributed by atoms with Crippen molar-refractivity contribution < 1.29 is 9.47 Å². The van der Waals surface area contributed by atoms with Gasteiger partial charge in [0.25, 0.3) is 0 Å². The van der Waals surface area contributed by atoms with E-state index in [1.165, 1.54) is 38.6 Å². The summed E-state index contributed by atoms with van der Waals surface area (Å²) in [5.41, 5.74) is 0.592. The minimum atomic E-state index is 0.414. The van der Waals surface area contributed by atoms with Gasteiger partial charge in [0.2, 0.25) is 5.88 Å². The maximum Gasteiger partial charge on any atom is 0.214 e. The molecule has 1 aromatic rings. The summed E-state index contributed by atoms with van der Waals surface area (Å²) in [6.07, 6.45) is 8.15. The molecular formula is C18H25N3O2. The summed E-state index contributed by atoms with van der Waals surface area (Å²) in [4.78, 5) is 6.70. The summed E-state index contributed by atoms with van der Waals surface area (Å²) in [6, 6.07) is 5.51. The summed E-state index contributed by atoms with van der Waals surface area (Å²) in [5.74, 6) is 1.08. The Morgan fingerprint density at radius 1 is 1.35 bits per heavy atom. The summed E-state index contributed by atoms with van der Waals surface area (Å²) in [5, 5.41) is 8.92. The zero-order chi connectivity index (χ0) is 15.9. The molecule has 0 amide bonds. The summed E-state index contributed by atoms with van der Waals surface area (Å²) in [7, 11) is 0. The first kappa shape index (κ1) is 16.2. The van der Waals surface area contributed by atoms with Gasteiger partial charge in [0.05, 0.1) is 24.3 Å². The van der Waals surface area contributed by atoms with Crippen LogP contribution in [0.4, 0.5) is 0 Å². The lowest BCUT2D eigenvalue weighted by Gasteiger charge is -2.35. The molecule has 0 radical (unpaired) electrons. The molecule has 2 atom stereocenters. The fourth-order valence-electron chi connectivity index (χ4n) is 3.45. The van der Waals surface area contributed by atoms with Crippen LogP contribution < -0.4 is 4.74 Å².